The van der Waals surface area contributed by atoms with Crippen LogP contribution in [-0.2, 0) is 9.59 Å². The van der Waals surface area contributed by atoms with E-state index in [4.69, 9.17) is 0 Å². The van der Waals surface area contributed by atoms with Crippen LogP contribution in [-0.4, -0.2) is 41.4 Å². The lowest BCUT2D eigenvalue weighted by atomic mass is 10.2. The molecule has 110 valence electrons. The molecule has 1 N–H and O–H groups in total. The maximum atomic E-state index is 12.0. The average Bonchev–Trinajstić information content (AvgIpc) is 3.05. The maximum absolute atomic E-state index is 12.0. The van der Waals surface area contributed by atoms with Crippen molar-refractivity contribution in [2.45, 2.75) is 12.5 Å². The molecule has 1 atom stereocenters. The van der Waals surface area contributed by atoms with E-state index in [2.05, 4.69) is 10.3 Å². The summed E-state index contributed by atoms with van der Waals surface area (Å²) in [5.41, 5.74) is 0.937. The van der Waals surface area contributed by atoms with Crippen LogP contribution < -0.4 is 10.2 Å². The van der Waals surface area contributed by atoms with Gasteiger partial charge in [-0.25, -0.2) is 4.98 Å². The van der Waals surface area contributed by atoms with Gasteiger partial charge in [-0.05, 0) is 18.6 Å². The van der Waals surface area contributed by atoms with Crippen LogP contribution in [0.5, 0.6) is 0 Å². The van der Waals surface area contributed by atoms with Gasteiger partial charge in [0.25, 0.3) is 0 Å². The highest BCUT2D eigenvalue weighted by Crippen LogP contribution is 2.27. The topological polar surface area (TPSA) is 62.3 Å². The van der Waals surface area contributed by atoms with Crippen LogP contribution >= 0.6 is 23.1 Å². The number of aromatic nitrogens is 1. The largest absolute Gasteiger partial charge is 0.344 e. The number of carbonyl (C=O) groups is 2. The normalized spacial score (nSPS) is 18.1. The Labute approximate surface area is 130 Å². The molecule has 1 fully saturated rings. The van der Waals surface area contributed by atoms with Crippen LogP contribution in [0, 0.1) is 0 Å². The zero-order chi connectivity index (χ0) is 14.8. The number of likely N-dealkylation sites (N-methyl/N-ethyl adjacent to an activating group) is 1. The Morgan fingerprint density at radius 1 is 1.48 bits per heavy atom. The smallest absolute Gasteiger partial charge is 0.240 e. The zero-order valence-corrected chi connectivity index (χ0v) is 13.2. The Bertz CT molecular complexity index is 653. The summed E-state index contributed by atoms with van der Waals surface area (Å²) in [7, 11) is 1.84. The Morgan fingerprint density at radius 2 is 2.29 bits per heavy atom. The minimum atomic E-state index is -0.328. The molecule has 7 heteroatoms. The molecule has 5 nitrogen and oxygen atoms in total. The Hall–Kier alpha value is -1.60. The third-order valence-electron chi connectivity index (χ3n) is 3.26. The van der Waals surface area contributed by atoms with Crippen LogP contribution in [0.25, 0.3) is 10.2 Å². The van der Waals surface area contributed by atoms with Gasteiger partial charge in [0, 0.05) is 12.8 Å². The van der Waals surface area contributed by atoms with Crippen molar-refractivity contribution in [1.29, 1.82) is 0 Å². The van der Waals surface area contributed by atoms with Gasteiger partial charge in [0.1, 0.15) is 0 Å². The number of amides is 1. The number of benzene rings is 1. The predicted octanol–water partition coefficient (Wildman–Crippen LogP) is 1.88. The van der Waals surface area contributed by atoms with Gasteiger partial charge in [0.15, 0.2) is 5.13 Å². The van der Waals surface area contributed by atoms with E-state index in [-0.39, 0.29) is 23.6 Å². The molecule has 0 saturated carbocycles. The average molecular weight is 321 g/mol. The standard InChI is InChI=1S/C14H15N3O2S2/c1-17(8-12(18)15-10-6-7-20-13(10)19)14-16-9-4-2-3-5-11(9)21-14/h2-5,10H,6-8H2,1H3,(H,15,18). The molecule has 2 heterocycles. The minimum absolute atomic E-state index is 0.0611. The first kappa shape index (κ1) is 14.3. The van der Waals surface area contributed by atoms with Gasteiger partial charge in [-0.2, -0.15) is 0 Å². The summed E-state index contributed by atoms with van der Waals surface area (Å²) >= 11 is 2.84. The summed E-state index contributed by atoms with van der Waals surface area (Å²) in [5, 5.41) is 3.65. The monoisotopic (exact) mass is 321 g/mol. The number of rotatable bonds is 4. The molecule has 1 unspecified atom stereocenters. The highest BCUT2D eigenvalue weighted by atomic mass is 32.2. The highest BCUT2D eigenvalue weighted by molar-refractivity contribution is 8.14. The molecule has 1 aliphatic rings. The second kappa shape index (κ2) is 6.03. The zero-order valence-electron chi connectivity index (χ0n) is 11.5. The SMILES string of the molecule is CN(CC(=O)NC1CCSC1=O)c1nc2ccccc2s1. The fourth-order valence-electron chi connectivity index (χ4n) is 2.17. The Balaban J connectivity index is 1.63. The van der Waals surface area contributed by atoms with E-state index in [0.29, 0.717) is 0 Å². The predicted molar refractivity (Wildman–Crippen MR) is 86.9 cm³/mol. The first-order chi connectivity index (χ1) is 10.1. The van der Waals surface area contributed by atoms with E-state index in [0.717, 1.165) is 27.5 Å². The highest BCUT2D eigenvalue weighted by Gasteiger charge is 2.27. The van der Waals surface area contributed by atoms with Crippen LogP contribution in [0.3, 0.4) is 0 Å². The van der Waals surface area contributed by atoms with E-state index in [1.165, 1.54) is 11.8 Å². The third kappa shape index (κ3) is 3.19. The fraction of sp³-hybridized carbons (Fsp3) is 0.357. The van der Waals surface area contributed by atoms with Gasteiger partial charge in [-0.1, -0.05) is 35.2 Å². The van der Waals surface area contributed by atoms with Gasteiger partial charge in [-0.15, -0.1) is 0 Å². The second-order valence-electron chi connectivity index (χ2n) is 4.90. The second-order valence-corrected chi connectivity index (χ2v) is 7.00. The molecular weight excluding hydrogens is 306 g/mol. The number of hydrogen-bond donors (Lipinski definition) is 1. The first-order valence-corrected chi connectivity index (χ1v) is 8.46. The number of anilines is 1. The van der Waals surface area contributed by atoms with Gasteiger partial charge in [-0.3, -0.25) is 9.59 Å². The van der Waals surface area contributed by atoms with Gasteiger partial charge in [0.05, 0.1) is 22.8 Å². The number of para-hydroxylation sites is 1. The third-order valence-corrected chi connectivity index (χ3v) is 5.42. The molecule has 0 aliphatic carbocycles. The molecule has 0 bridgehead atoms. The van der Waals surface area contributed by atoms with Crippen molar-refractivity contribution >= 4 is 49.5 Å². The van der Waals surface area contributed by atoms with Crippen LogP contribution in [0.4, 0.5) is 5.13 Å². The lowest BCUT2D eigenvalue weighted by Crippen LogP contribution is -2.42. The molecule has 1 aromatic carbocycles. The molecular formula is C14H15N3O2S2. The van der Waals surface area contributed by atoms with E-state index in [1.807, 2.05) is 36.2 Å². The molecule has 1 amide bonds. The molecule has 1 saturated heterocycles. The summed E-state index contributed by atoms with van der Waals surface area (Å²) in [4.78, 5) is 29.8. The number of thioether (sulfide) groups is 1. The lowest BCUT2D eigenvalue weighted by molar-refractivity contribution is -0.123. The van der Waals surface area contributed by atoms with Gasteiger partial charge < -0.3 is 10.2 Å². The van der Waals surface area contributed by atoms with Crippen LogP contribution in [0.1, 0.15) is 6.42 Å². The molecule has 21 heavy (non-hydrogen) atoms. The Morgan fingerprint density at radius 3 is 3.00 bits per heavy atom. The molecule has 3 rings (SSSR count). The number of thiazole rings is 1. The summed E-state index contributed by atoms with van der Waals surface area (Å²) < 4.78 is 1.10. The number of nitrogens with zero attached hydrogens (tertiary/aromatic N) is 2. The van der Waals surface area contributed by atoms with Crippen LogP contribution in [0.15, 0.2) is 24.3 Å². The van der Waals surface area contributed by atoms with Crippen molar-refractivity contribution in [2.24, 2.45) is 0 Å². The molecule has 1 aromatic heterocycles. The molecule has 0 spiro atoms. The van der Waals surface area contributed by atoms with Crippen molar-refractivity contribution in [3.05, 3.63) is 24.3 Å². The lowest BCUT2D eigenvalue weighted by Gasteiger charge is -2.16. The van der Waals surface area contributed by atoms with Gasteiger partial charge in [0.2, 0.25) is 11.0 Å². The van der Waals surface area contributed by atoms with E-state index in [9.17, 15) is 9.59 Å². The fourth-order valence-corrected chi connectivity index (χ4v) is 4.03. The molecule has 0 radical (unpaired) electrons. The Kier molecular flexibility index (Phi) is 4.12. The van der Waals surface area contributed by atoms with E-state index in [1.54, 1.807) is 11.3 Å². The van der Waals surface area contributed by atoms with Crippen molar-refractivity contribution < 1.29 is 9.59 Å². The quantitative estimate of drug-likeness (QED) is 0.931. The molecule has 2 aromatic rings. The maximum Gasteiger partial charge on any atom is 0.240 e. The summed E-state index contributed by atoms with van der Waals surface area (Å²) in [5.74, 6) is 0.648. The first-order valence-electron chi connectivity index (χ1n) is 6.66. The summed E-state index contributed by atoms with van der Waals surface area (Å²) in [6, 6.07) is 7.56. The van der Waals surface area contributed by atoms with Crippen molar-refractivity contribution in [3.8, 4) is 0 Å². The minimum Gasteiger partial charge on any atom is -0.344 e. The number of carbonyl (C=O) groups excluding carboxylic acids is 2. The summed E-state index contributed by atoms with van der Waals surface area (Å²) in [6.07, 6.45) is 0.722. The van der Waals surface area contributed by atoms with E-state index >= 15 is 0 Å². The molecule has 1 aliphatic heterocycles. The van der Waals surface area contributed by atoms with Crippen molar-refractivity contribution in [2.75, 3.05) is 24.2 Å². The van der Waals surface area contributed by atoms with E-state index < -0.39 is 0 Å². The van der Waals surface area contributed by atoms with Crippen molar-refractivity contribution in [3.63, 3.8) is 0 Å². The summed E-state index contributed by atoms with van der Waals surface area (Å²) in [6.45, 7) is 0.203. The van der Waals surface area contributed by atoms with Crippen LogP contribution in [0.2, 0.25) is 0 Å². The number of nitrogens with one attached hydrogen (secondary N) is 1. The number of fused-ring (bicyclic) bond motifs is 1. The van der Waals surface area contributed by atoms with Gasteiger partial charge >= 0.3 is 0 Å². The van der Waals surface area contributed by atoms with Crippen molar-refractivity contribution in [1.82, 2.24) is 10.3 Å². The number of hydrogen-bond acceptors (Lipinski definition) is 6.